The maximum absolute atomic E-state index is 13.5. The molecule has 21 heavy (non-hydrogen) atoms. The SMILES string of the molecule is N#C/C(=C\c1c(F)cccc1F)C(=O)NCc1ccco1. The molecule has 0 fully saturated rings. The molecule has 6 heteroatoms. The first-order chi connectivity index (χ1) is 10.1. The Morgan fingerprint density at radius 1 is 1.29 bits per heavy atom. The minimum absolute atomic E-state index is 0.0740. The van der Waals surface area contributed by atoms with Crippen molar-refractivity contribution in [2.45, 2.75) is 6.54 Å². The lowest BCUT2D eigenvalue weighted by Crippen LogP contribution is -2.23. The molecule has 1 aromatic carbocycles. The molecule has 0 unspecified atom stereocenters. The van der Waals surface area contributed by atoms with Crippen molar-refractivity contribution in [2.24, 2.45) is 0 Å². The highest BCUT2D eigenvalue weighted by Gasteiger charge is 2.13. The number of carbonyl (C=O) groups is 1. The lowest BCUT2D eigenvalue weighted by Gasteiger charge is -2.03. The van der Waals surface area contributed by atoms with Crippen LogP contribution in [-0.4, -0.2) is 5.91 Å². The second-order valence-corrected chi connectivity index (χ2v) is 4.07. The number of nitriles is 1. The van der Waals surface area contributed by atoms with Crippen LogP contribution in [0.5, 0.6) is 0 Å². The van der Waals surface area contributed by atoms with Gasteiger partial charge in [-0.15, -0.1) is 0 Å². The van der Waals surface area contributed by atoms with Crippen LogP contribution in [0.4, 0.5) is 8.78 Å². The summed E-state index contributed by atoms with van der Waals surface area (Å²) in [5.41, 5.74) is -0.826. The second-order valence-electron chi connectivity index (χ2n) is 4.07. The fourth-order valence-corrected chi connectivity index (χ4v) is 1.62. The fourth-order valence-electron chi connectivity index (χ4n) is 1.62. The summed E-state index contributed by atoms with van der Waals surface area (Å²) in [6.07, 6.45) is 2.32. The minimum atomic E-state index is -0.846. The highest BCUT2D eigenvalue weighted by molar-refractivity contribution is 6.01. The number of carbonyl (C=O) groups excluding carboxylic acids is 1. The number of hydrogen-bond acceptors (Lipinski definition) is 3. The summed E-state index contributed by atoms with van der Waals surface area (Å²) in [6.45, 7) is 0.0740. The highest BCUT2D eigenvalue weighted by Crippen LogP contribution is 2.16. The van der Waals surface area contributed by atoms with Crippen LogP contribution >= 0.6 is 0 Å². The van der Waals surface area contributed by atoms with E-state index in [4.69, 9.17) is 9.68 Å². The normalized spacial score (nSPS) is 11.0. The van der Waals surface area contributed by atoms with Gasteiger partial charge in [0.15, 0.2) is 0 Å². The predicted molar refractivity (Wildman–Crippen MR) is 70.5 cm³/mol. The summed E-state index contributed by atoms with van der Waals surface area (Å²) < 4.78 is 32.0. The summed E-state index contributed by atoms with van der Waals surface area (Å²) in [6, 6.07) is 8.21. The number of amides is 1. The van der Waals surface area contributed by atoms with Crippen molar-refractivity contribution >= 4 is 12.0 Å². The fraction of sp³-hybridized carbons (Fsp3) is 0.0667. The molecule has 0 aliphatic heterocycles. The molecule has 4 nitrogen and oxygen atoms in total. The van der Waals surface area contributed by atoms with E-state index in [1.807, 2.05) is 0 Å². The Hall–Kier alpha value is -2.94. The molecule has 0 radical (unpaired) electrons. The number of nitrogens with zero attached hydrogens (tertiary/aromatic N) is 1. The van der Waals surface area contributed by atoms with Gasteiger partial charge >= 0.3 is 0 Å². The molecule has 0 aliphatic carbocycles. The van der Waals surface area contributed by atoms with E-state index >= 15 is 0 Å². The zero-order valence-electron chi connectivity index (χ0n) is 10.8. The molecule has 106 valence electrons. The van der Waals surface area contributed by atoms with E-state index in [1.54, 1.807) is 18.2 Å². The first-order valence-electron chi connectivity index (χ1n) is 5.98. The van der Waals surface area contributed by atoms with Crippen molar-refractivity contribution in [3.05, 3.63) is 65.1 Å². The smallest absolute Gasteiger partial charge is 0.262 e. The van der Waals surface area contributed by atoms with E-state index in [1.165, 1.54) is 12.3 Å². The third-order valence-electron chi connectivity index (χ3n) is 2.66. The Morgan fingerprint density at radius 3 is 2.57 bits per heavy atom. The van der Waals surface area contributed by atoms with E-state index in [2.05, 4.69) is 5.32 Å². The van der Waals surface area contributed by atoms with Gasteiger partial charge in [0, 0.05) is 5.56 Å². The monoisotopic (exact) mass is 288 g/mol. The summed E-state index contributed by atoms with van der Waals surface area (Å²) in [5, 5.41) is 11.4. The highest BCUT2D eigenvalue weighted by atomic mass is 19.1. The van der Waals surface area contributed by atoms with Gasteiger partial charge in [-0.2, -0.15) is 5.26 Å². The quantitative estimate of drug-likeness (QED) is 0.695. The van der Waals surface area contributed by atoms with Crippen molar-refractivity contribution in [3.8, 4) is 6.07 Å². The van der Waals surface area contributed by atoms with Gasteiger partial charge in [0.1, 0.15) is 29.0 Å². The van der Waals surface area contributed by atoms with Crippen molar-refractivity contribution in [2.75, 3.05) is 0 Å². The van der Waals surface area contributed by atoms with Crippen molar-refractivity contribution in [1.82, 2.24) is 5.32 Å². The van der Waals surface area contributed by atoms with Crippen molar-refractivity contribution in [3.63, 3.8) is 0 Å². The van der Waals surface area contributed by atoms with Crippen LogP contribution in [0.25, 0.3) is 6.08 Å². The first-order valence-corrected chi connectivity index (χ1v) is 5.98. The third kappa shape index (κ3) is 3.54. The average molecular weight is 288 g/mol. The average Bonchev–Trinajstić information content (AvgIpc) is 2.98. The molecular weight excluding hydrogens is 278 g/mol. The van der Waals surface area contributed by atoms with Gasteiger partial charge in [-0.25, -0.2) is 8.78 Å². The number of nitrogens with one attached hydrogen (secondary N) is 1. The van der Waals surface area contributed by atoms with Crippen LogP contribution in [0.3, 0.4) is 0 Å². The van der Waals surface area contributed by atoms with Crippen LogP contribution in [0.1, 0.15) is 11.3 Å². The molecular formula is C15H10F2N2O2. The summed E-state index contributed by atoms with van der Waals surface area (Å²) in [7, 11) is 0. The van der Waals surface area contributed by atoms with Crippen molar-refractivity contribution in [1.29, 1.82) is 5.26 Å². The third-order valence-corrected chi connectivity index (χ3v) is 2.66. The van der Waals surface area contributed by atoms with Gasteiger partial charge in [0.25, 0.3) is 5.91 Å². The zero-order valence-corrected chi connectivity index (χ0v) is 10.8. The maximum atomic E-state index is 13.5. The summed E-state index contributed by atoms with van der Waals surface area (Å²) >= 11 is 0. The Kier molecular flexibility index (Phi) is 4.46. The Labute approximate surface area is 119 Å². The zero-order chi connectivity index (χ0) is 15.2. The first kappa shape index (κ1) is 14.5. The molecule has 2 aromatic rings. The molecule has 0 spiro atoms. The number of furan rings is 1. The Morgan fingerprint density at radius 2 is 2.00 bits per heavy atom. The topological polar surface area (TPSA) is 66.0 Å². The van der Waals surface area contributed by atoms with E-state index < -0.39 is 28.7 Å². The number of halogens is 2. The van der Waals surface area contributed by atoms with Gasteiger partial charge in [0.05, 0.1) is 12.8 Å². The molecule has 0 atom stereocenters. The van der Waals surface area contributed by atoms with E-state index in [-0.39, 0.29) is 6.54 Å². The number of rotatable bonds is 4. The van der Waals surface area contributed by atoms with Crippen LogP contribution in [0, 0.1) is 23.0 Å². The molecule has 0 saturated heterocycles. The van der Waals surface area contributed by atoms with E-state index in [9.17, 15) is 13.6 Å². The summed E-state index contributed by atoms with van der Waals surface area (Å²) in [4.78, 5) is 11.8. The summed E-state index contributed by atoms with van der Waals surface area (Å²) in [5.74, 6) is -1.93. The number of hydrogen-bond donors (Lipinski definition) is 1. The molecule has 2 rings (SSSR count). The van der Waals surface area contributed by atoms with Gasteiger partial charge < -0.3 is 9.73 Å². The van der Waals surface area contributed by atoms with E-state index in [0.717, 1.165) is 18.2 Å². The number of benzene rings is 1. The van der Waals surface area contributed by atoms with Gasteiger partial charge in [-0.05, 0) is 30.3 Å². The van der Waals surface area contributed by atoms with Crippen molar-refractivity contribution < 1.29 is 18.0 Å². The van der Waals surface area contributed by atoms with Crippen LogP contribution in [0.15, 0.2) is 46.6 Å². The molecule has 1 heterocycles. The Balaban J connectivity index is 2.17. The second kappa shape index (κ2) is 6.48. The van der Waals surface area contributed by atoms with Crippen LogP contribution in [-0.2, 0) is 11.3 Å². The van der Waals surface area contributed by atoms with Crippen LogP contribution < -0.4 is 5.32 Å². The molecule has 0 saturated carbocycles. The molecule has 1 amide bonds. The standard InChI is InChI=1S/C15H10F2N2O2/c16-13-4-1-5-14(17)12(13)7-10(8-18)15(20)19-9-11-3-2-6-21-11/h1-7H,9H2,(H,19,20)/b10-7+. The molecule has 0 aliphatic rings. The van der Waals surface area contributed by atoms with Crippen LogP contribution in [0.2, 0.25) is 0 Å². The van der Waals surface area contributed by atoms with Gasteiger partial charge in [0.2, 0.25) is 0 Å². The molecule has 0 bridgehead atoms. The lowest BCUT2D eigenvalue weighted by atomic mass is 10.1. The predicted octanol–water partition coefficient (Wildman–Crippen LogP) is 2.78. The van der Waals surface area contributed by atoms with Gasteiger partial charge in [-0.1, -0.05) is 6.07 Å². The minimum Gasteiger partial charge on any atom is -0.467 e. The van der Waals surface area contributed by atoms with E-state index in [0.29, 0.717) is 5.76 Å². The molecule has 1 aromatic heterocycles. The lowest BCUT2D eigenvalue weighted by molar-refractivity contribution is -0.117. The molecule has 1 N–H and O–H groups in total. The van der Waals surface area contributed by atoms with Gasteiger partial charge in [-0.3, -0.25) is 4.79 Å². The Bertz CT molecular complexity index is 696. The largest absolute Gasteiger partial charge is 0.467 e. The maximum Gasteiger partial charge on any atom is 0.262 e.